The molecule has 2 N–H and O–H groups in total. The molecule has 0 spiro atoms. The van der Waals surface area contributed by atoms with Crippen LogP contribution >= 0.6 is 0 Å². The molecular formula is C9H11N3. The van der Waals surface area contributed by atoms with Crippen LogP contribution in [0.25, 0.3) is 0 Å². The highest BCUT2D eigenvalue weighted by atomic mass is 15.4. The predicted octanol–water partition coefficient (Wildman–Crippen LogP) is 0.625. The van der Waals surface area contributed by atoms with Gasteiger partial charge < -0.3 is 5.73 Å². The van der Waals surface area contributed by atoms with Gasteiger partial charge in [0.15, 0.2) is 0 Å². The molecule has 1 unspecified atom stereocenters. The Bertz CT molecular complexity index is 310. The van der Waals surface area contributed by atoms with Gasteiger partial charge in [0.05, 0.1) is 6.04 Å². The molecular weight excluding hydrogens is 150 g/mol. The van der Waals surface area contributed by atoms with E-state index < -0.39 is 0 Å². The van der Waals surface area contributed by atoms with E-state index in [4.69, 9.17) is 5.73 Å². The Kier molecular flexibility index (Phi) is 1.50. The zero-order valence-corrected chi connectivity index (χ0v) is 6.94. The van der Waals surface area contributed by atoms with Gasteiger partial charge >= 0.3 is 0 Å². The van der Waals surface area contributed by atoms with E-state index in [-0.39, 0.29) is 6.04 Å². The average molecular weight is 161 g/mol. The predicted molar refractivity (Wildman–Crippen MR) is 49.5 cm³/mol. The maximum Gasteiger partial charge on any atom is 0.0921 e. The fourth-order valence-corrected chi connectivity index (χ4v) is 1.45. The second-order valence-corrected chi connectivity index (χ2v) is 2.91. The Morgan fingerprint density at radius 3 is 3.08 bits per heavy atom. The minimum atomic E-state index is 0.222. The van der Waals surface area contributed by atoms with Crippen LogP contribution in [0.5, 0.6) is 0 Å². The van der Waals surface area contributed by atoms with E-state index in [9.17, 15) is 0 Å². The first-order chi connectivity index (χ1) is 5.79. The first-order valence-corrected chi connectivity index (χ1v) is 3.90. The summed E-state index contributed by atoms with van der Waals surface area (Å²) in [6, 6.07) is 0.222. The van der Waals surface area contributed by atoms with Crippen molar-refractivity contribution in [3.63, 3.8) is 0 Å². The van der Waals surface area contributed by atoms with Crippen LogP contribution in [0.15, 0.2) is 40.7 Å². The molecule has 1 aliphatic heterocycles. The Hall–Kier alpha value is -1.51. The van der Waals surface area contributed by atoms with E-state index in [2.05, 4.69) is 11.2 Å². The molecule has 0 saturated heterocycles. The van der Waals surface area contributed by atoms with Crippen LogP contribution in [0, 0.1) is 0 Å². The van der Waals surface area contributed by atoms with Crippen molar-refractivity contribution >= 4 is 6.21 Å². The summed E-state index contributed by atoms with van der Waals surface area (Å²) in [6.45, 7) is 0. The van der Waals surface area contributed by atoms with Gasteiger partial charge in [0, 0.05) is 24.5 Å². The molecule has 0 amide bonds. The lowest BCUT2D eigenvalue weighted by Gasteiger charge is -2.29. The van der Waals surface area contributed by atoms with E-state index in [1.807, 2.05) is 30.3 Å². The number of hydrogen-bond donors (Lipinski definition) is 1. The van der Waals surface area contributed by atoms with Gasteiger partial charge in [-0.2, -0.15) is 5.10 Å². The van der Waals surface area contributed by atoms with E-state index in [0.717, 1.165) is 11.3 Å². The molecule has 0 radical (unpaired) electrons. The van der Waals surface area contributed by atoms with Crippen molar-refractivity contribution in [3.05, 3.63) is 35.6 Å². The quantitative estimate of drug-likeness (QED) is 0.566. The molecule has 3 nitrogen and oxygen atoms in total. The lowest BCUT2D eigenvalue weighted by Crippen LogP contribution is -2.33. The van der Waals surface area contributed by atoms with Gasteiger partial charge in [-0.05, 0) is 12.2 Å². The van der Waals surface area contributed by atoms with Crippen LogP contribution in [0.3, 0.4) is 0 Å². The van der Waals surface area contributed by atoms with E-state index in [0.29, 0.717) is 0 Å². The van der Waals surface area contributed by atoms with E-state index in [1.54, 1.807) is 6.21 Å². The number of allylic oxidation sites excluding steroid dienone is 3. The maximum atomic E-state index is 5.80. The highest BCUT2D eigenvalue weighted by Crippen LogP contribution is 2.22. The largest absolute Gasteiger partial charge is 0.398 e. The summed E-state index contributed by atoms with van der Waals surface area (Å²) in [4.78, 5) is 0. The molecule has 0 saturated carbocycles. The lowest BCUT2D eigenvalue weighted by atomic mass is 9.98. The van der Waals surface area contributed by atoms with Gasteiger partial charge in [0.25, 0.3) is 0 Å². The number of hydrogen-bond acceptors (Lipinski definition) is 3. The van der Waals surface area contributed by atoms with E-state index >= 15 is 0 Å². The zero-order chi connectivity index (χ0) is 8.55. The number of nitrogens with zero attached hydrogens (tertiary/aromatic N) is 2. The summed E-state index contributed by atoms with van der Waals surface area (Å²) in [5, 5.41) is 6.04. The third kappa shape index (κ3) is 0.942. The van der Waals surface area contributed by atoms with Crippen molar-refractivity contribution in [1.29, 1.82) is 0 Å². The van der Waals surface area contributed by atoms with Gasteiger partial charge in [-0.15, -0.1) is 0 Å². The standard InChI is InChI=1S/C9H11N3/c1-12-9-4-2-3-8(10)7(9)5-6-11-12/h2-6,9H,10H2,1H3. The minimum absolute atomic E-state index is 0.222. The van der Waals surface area contributed by atoms with Crippen LogP contribution in [-0.2, 0) is 0 Å². The Labute approximate surface area is 71.5 Å². The monoisotopic (exact) mass is 161 g/mol. The van der Waals surface area contributed by atoms with Gasteiger partial charge in [-0.25, -0.2) is 0 Å². The lowest BCUT2D eigenvalue weighted by molar-refractivity contribution is 0.325. The van der Waals surface area contributed by atoms with E-state index in [1.165, 1.54) is 0 Å². The molecule has 3 heteroatoms. The van der Waals surface area contributed by atoms with Crippen molar-refractivity contribution in [2.24, 2.45) is 10.8 Å². The summed E-state index contributed by atoms with van der Waals surface area (Å²) in [7, 11) is 1.94. The molecule has 0 aromatic carbocycles. The molecule has 62 valence electrons. The van der Waals surface area contributed by atoms with Crippen LogP contribution < -0.4 is 5.73 Å². The van der Waals surface area contributed by atoms with Crippen LogP contribution in [-0.4, -0.2) is 24.3 Å². The van der Waals surface area contributed by atoms with Crippen molar-refractivity contribution in [2.75, 3.05) is 7.05 Å². The van der Waals surface area contributed by atoms with Gasteiger partial charge in [0.1, 0.15) is 0 Å². The summed E-state index contributed by atoms with van der Waals surface area (Å²) in [5.41, 5.74) is 7.77. The molecule has 0 fully saturated rings. The summed E-state index contributed by atoms with van der Waals surface area (Å²) >= 11 is 0. The molecule has 1 atom stereocenters. The molecule has 1 heterocycles. The topological polar surface area (TPSA) is 41.6 Å². The molecule has 2 aliphatic rings. The normalized spacial score (nSPS) is 26.4. The first kappa shape index (κ1) is 7.16. The molecule has 12 heavy (non-hydrogen) atoms. The SMILES string of the molecule is CN1N=CC=C2C(N)=CC=CC21. The van der Waals surface area contributed by atoms with Crippen LogP contribution in [0.1, 0.15) is 0 Å². The van der Waals surface area contributed by atoms with Gasteiger partial charge in [-0.3, -0.25) is 5.01 Å². The average Bonchev–Trinajstić information content (AvgIpc) is 2.07. The number of rotatable bonds is 0. The highest BCUT2D eigenvalue weighted by molar-refractivity contribution is 5.75. The Balaban J connectivity index is 2.41. The molecule has 0 aromatic rings. The molecule has 1 aliphatic carbocycles. The van der Waals surface area contributed by atoms with Crippen LogP contribution in [0.2, 0.25) is 0 Å². The second kappa shape index (κ2) is 2.52. The number of nitrogens with two attached hydrogens (primary N) is 1. The van der Waals surface area contributed by atoms with Crippen molar-refractivity contribution in [2.45, 2.75) is 6.04 Å². The highest BCUT2D eigenvalue weighted by Gasteiger charge is 2.21. The summed E-state index contributed by atoms with van der Waals surface area (Å²) in [5.74, 6) is 0. The zero-order valence-electron chi connectivity index (χ0n) is 6.94. The summed E-state index contributed by atoms with van der Waals surface area (Å²) < 4.78 is 0. The fraction of sp³-hybridized carbons (Fsp3) is 0.222. The second-order valence-electron chi connectivity index (χ2n) is 2.91. The van der Waals surface area contributed by atoms with Gasteiger partial charge in [0.2, 0.25) is 0 Å². The molecule has 0 aromatic heterocycles. The van der Waals surface area contributed by atoms with Gasteiger partial charge in [-0.1, -0.05) is 12.2 Å². The number of hydrazone groups is 1. The van der Waals surface area contributed by atoms with Crippen molar-refractivity contribution in [1.82, 2.24) is 5.01 Å². The molecule has 2 rings (SSSR count). The van der Waals surface area contributed by atoms with Crippen molar-refractivity contribution < 1.29 is 0 Å². The maximum absolute atomic E-state index is 5.80. The minimum Gasteiger partial charge on any atom is -0.398 e. The number of fused-ring (bicyclic) bond motifs is 1. The number of likely N-dealkylation sites (N-methyl/N-ethyl adjacent to an activating group) is 1. The summed E-state index contributed by atoms with van der Waals surface area (Å²) in [6.07, 6.45) is 9.69. The fourth-order valence-electron chi connectivity index (χ4n) is 1.45. The van der Waals surface area contributed by atoms with Crippen molar-refractivity contribution in [3.8, 4) is 0 Å². The molecule has 0 bridgehead atoms. The third-order valence-electron chi connectivity index (χ3n) is 2.13. The smallest absolute Gasteiger partial charge is 0.0921 e. The Morgan fingerprint density at radius 1 is 1.50 bits per heavy atom. The van der Waals surface area contributed by atoms with Crippen LogP contribution in [0.4, 0.5) is 0 Å². The first-order valence-electron chi connectivity index (χ1n) is 3.90. The third-order valence-corrected chi connectivity index (χ3v) is 2.13. The Morgan fingerprint density at radius 2 is 2.33 bits per heavy atom.